The van der Waals surface area contributed by atoms with Crippen LogP contribution in [0.3, 0.4) is 0 Å². The molecule has 2 heterocycles. The zero-order valence-corrected chi connectivity index (χ0v) is 20.9. The third kappa shape index (κ3) is 5.62. The number of hydrogen-bond acceptors (Lipinski definition) is 5. The van der Waals surface area contributed by atoms with Crippen molar-refractivity contribution in [2.45, 2.75) is 44.0 Å². The molecule has 4 rings (SSSR count). The molecule has 184 valence electrons. The number of carbonyl (C=O) groups is 1. The average molecular weight is 486 g/mol. The molecule has 0 aliphatic carbocycles. The van der Waals surface area contributed by atoms with Crippen molar-refractivity contribution < 1.29 is 17.9 Å². The van der Waals surface area contributed by atoms with Crippen LogP contribution in [0.1, 0.15) is 42.6 Å². The number of nitrogens with one attached hydrogen (secondary N) is 1. The second-order valence-electron chi connectivity index (χ2n) is 9.48. The van der Waals surface area contributed by atoms with E-state index in [1.807, 2.05) is 24.3 Å². The van der Waals surface area contributed by atoms with Gasteiger partial charge in [0, 0.05) is 37.8 Å². The number of fused-ring (bicyclic) bond motifs is 1. The van der Waals surface area contributed by atoms with Crippen LogP contribution >= 0.6 is 0 Å². The number of hydrogen-bond donors (Lipinski definition) is 1. The lowest BCUT2D eigenvalue weighted by Gasteiger charge is -2.35. The number of aryl methyl sites for hydroxylation is 1. The molecule has 0 radical (unpaired) electrons. The Balaban J connectivity index is 1.43. The molecule has 2 aliphatic rings. The van der Waals surface area contributed by atoms with E-state index < -0.39 is 10.0 Å². The number of rotatable bonds is 8. The first-order chi connectivity index (χ1) is 16.4. The zero-order valence-electron chi connectivity index (χ0n) is 20.1. The van der Waals surface area contributed by atoms with Crippen molar-refractivity contribution in [1.82, 2.24) is 10.2 Å². The highest BCUT2D eigenvalue weighted by molar-refractivity contribution is 7.92. The minimum atomic E-state index is -3.69. The third-order valence-corrected chi connectivity index (χ3v) is 8.40. The summed E-state index contributed by atoms with van der Waals surface area (Å²) >= 11 is 0. The number of benzene rings is 2. The number of morpholine rings is 1. The number of amides is 1. The van der Waals surface area contributed by atoms with Crippen LogP contribution in [0, 0.1) is 5.92 Å². The molecule has 0 spiro atoms. The van der Waals surface area contributed by atoms with Crippen molar-refractivity contribution in [2.24, 2.45) is 5.92 Å². The van der Waals surface area contributed by atoms with Crippen LogP contribution in [0.4, 0.5) is 5.69 Å². The Hall–Kier alpha value is -2.42. The van der Waals surface area contributed by atoms with Gasteiger partial charge in [0.05, 0.1) is 23.8 Å². The van der Waals surface area contributed by atoms with Gasteiger partial charge in [0.1, 0.15) is 0 Å². The van der Waals surface area contributed by atoms with Crippen LogP contribution in [0.5, 0.6) is 0 Å². The quantitative estimate of drug-likeness (QED) is 0.621. The molecule has 2 aromatic rings. The van der Waals surface area contributed by atoms with Gasteiger partial charge in [0.25, 0.3) is 15.9 Å². The van der Waals surface area contributed by atoms with Gasteiger partial charge < -0.3 is 10.1 Å². The number of sulfonamides is 1. The minimum absolute atomic E-state index is 0.186. The summed E-state index contributed by atoms with van der Waals surface area (Å²) in [5.41, 5.74) is 2.25. The summed E-state index contributed by atoms with van der Waals surface area (Å²) in [5.74, 6) is 0.337. The molecule has 0 bridgehead atoms. The van der Waals surface area contributed by atoms with Crippen LogP contribution in [-0.2, 0) is 21.2 Å². The zero-order chi connectivity index (χ0) is 24.1. The van der Waals surface area contributed by atoms with Crippen molar-refractivity contribution in [2.75, 3.05) is 43.7 Å². The lowest BCUT2D eigenvalue weighted by molar-refractivity contribution is 0.0124. The number of ether oxygens (including phenoxy) is 1. The largest absolute Gasteiger partial charge is 0.379 e. The van der Waals surface area contributed by atoms with Gasteiger partial charge >= 0.3 is 0 Å². The molecule has 1 atom stereocenters. The van der Waals surface area contributed by atoms with Crippen LogP contribution < -0.4 is 9.62 Å². The molecule has 1 fully saturated rings. The Morgan fingerprint density at radius 3 is 2.44 bits per heavy atom. The summed E-state index contributed by atoms with van der Waals surface area (Å²) in [6, 6.07) is 14.2. The molecule has 7 nitrogen and oxygen atoms in total. The molecule has 1 unspecified atom stereocenters. The highest BCUT2D eigenvalue weighted by Gasteiger charge is 2.29. The Morgan fingerprint density at radius 2 is 1.74 bits per heavy atom. The molecule has 1 amide bonds. The van der Waals surface area contributed by atoms with E-state index in [-0.39, 0.29) is 16.8 Å². The van der Waals surface area contributed by atoms with E-state index in [4.69, 9.17) is 4.74 Å². The molecular formula is C26H35N3O4S. The number of para-hydroxylation sites is 1. The fourth-order valence-electron chi connectivity index (χ4n) is 4.82. The van der Waals surface area contributed by atoms with E-state index in [0.717, 1.165) is 56.8 Å². The molecular weight excluding hydrogens is 450 g/mol. The van der Waals surface area contributed by atoms with Crippen LogP contribution in [0.2, 0.25) is 0 Å². The first kappa shape index (κ1) is 24.7. The molecule has 0 saturated carbocycles. The van der Waals surface area contributed by atoms with Crippen LogP contribution in [-0.4, -0.2) is 64.7 Å². The second kappa shape index (κ2) is 10.9. The lowest BCUT2D eigenvalue weighted by Crippen LogP contribution is -2.49. The Labute approximate surface area is 203 Å². The molecule has 2 aliphatic heterocycles. The normalized spacial score (nSPS) is 17.9. The number of carbonyl (C=O) groups excluding carboxylic acids is 1. The average Bonchev–Trinajstić information content (AvgIpc) is 2.86. The fourth-order valence-corrected chi connectivity index (χ4v) is 6.36. The van der Waals surface area contributed by atoms with Gasteiger partial charge in [-0.1, -0.05) is 32.0 Å². The van der Waals surface area contributed by atoms with E-state index in [1.165, 1.54) is 16.4 Å². The Kier molecular flexibility index (Phi) is 7.91. The summed E-state index contributed by atoms with van der Waals surface area (Å²) in [6.45, 7) is 8.59. The standard InChI is InChI=1S/C26H35N3O4S/c1-20(2)18-23(28-14-16-33-17-15-28)19-27-26(30)22-9-11-24(12-10-22)34(31,32)29-13-5-7-21-6-3-4-8-25(21)29/h3-4,6,8-12,20,23H,5,7,13-19H2,1-2H3,(H,27,30). The fraction of sp³-hybridized carbons (Fsp3) is 0.500. The van der Waals surface area contributed by atoms with Crippen LogP contribution in [0.15, 0.2) is 53.4 Å². The minimum Gasteiger partial charge on any atom is -0.379 e. The summed E-state index contributed by atoms with van der Waals surface area (Å²) in [7, 11) is -3.69. The van der Waals surface area contributed by atoms with Crippen molar-refractivity contribution in [3.05, 3.63) is 59.7 Å². The topological polar surface area (TPSA) is 79.0 Å². The second-order valence-corrected chi connectivity index (χ2v) is 11.3. The first-order valence-corrected chi connectivity index (χ1v) is 13.6. The van der Waals surface area contributed by atoms with Gasteiger partial charge in [-0.25, -0.2) is 8.42 Å². The Morgan fingerprint density at radius 1 is 1.03 bits per heavy atom. The SMILES string of the molecule is CC(C)CC(CNC(=O)c1ccc(S(=O)(=O)N2CCCc3ccccc32)cc1)N1CCOCC1. The van der Waals surface area contributed by atoms with Crippen molar-refractivity contribution in [3.63, 3.8) is 0 Å². The predicted octanol–water partition coefficient (Wildman–Crippen LogP) is 3.30. The summed E-state index contributed by atoms with van der Waals surface area (Å²) < 4.78 is 33.6. The maximum absolute atomic E-state index is 13.3. The molecule has 2 aromatic carbocycles. The van der Waals surface area contributed by atoms with Crippen molar-refractivity contribution in [1.29, 1.82) is 0 Å². The number of nitrogens with zero attached hydrogens (tertiary/aromatic N) is 2. The van der Waals surface area contributed by atoms with E-state index in [0.29, 0.717) is 24.6 Å². The molecule has 0 aromatic heterocycles. The van der Waals surface area contributed by atoms with E-state index >= 15 is 0 Å². The maximum atomic E-state index is 13.3. The predicted molar refractivity (Wildman–Crippen MR) is 134 cm³/mol. The van der Waals surface area contributed by atoms with Gasteiger partial charge in [-0.2, -0.15) is 0 Å². The van der Waals surface area contributed by atoms with Gasteiger partial charge in [-0.05, 0) is 61.1 Å². The van der Waals surface area contributed by atoms with Gasteiger partial charge in [-0.15, -0.1) is 0 Å². The molecule has 8 heteroatoms. The van der Waals surface area contributed by atoms with Crippen molar-refractivity contribution >= 4 is 21.6 Å². The summed E-state index contributed by atoms with van der Waals surface area (Å²) in [4.78, 5) is 15.4. The monoisotopic (exact) mass is 485 g/mol. The van der Waals surface area contributed by atoms with E-state index in [1.54, 1.807) is 12.1 Å². The summed E-state index contributed by atoms with van der Waals surface area (Å²) in [5, 5.41) is 3.06. The lowest BCUT2D eigenvalue weighted by atomic mass is 10.0. The Bertz CT molecular complexity index is 1080. The maximum Gasteiger partial charge on any atom is 0.264 e. The van der Waals surface area contributed by atoms with Gasteiger partial charge in [0.2, 0.25) is 0 Å². The third-order valence-electron chi connectivity index (χ3n) is 6.58. The smallest absolute Gasteiger partial charge is 0.264 e. The molecule has 1 N–H and O–H groups in total. The number of anilines is 1. The van der Waals surface area contributed by atoms with E-state index in [2.05, 4.69) is 24.1 Å². The van der Waals surface area contributed by atoms with Gasteiger partial charge in [0.15, 0.2) is 0 Å². The van der Waals surface area contributed by atoms with Gasteiger partial charge in [-0.3, -0.25) is 14.0 Å². The first-order valence-electron chi connectivity index (χ1n) is 12.2. The molecule has 34 heavy (non-hydrogen) atoms. The highest BCUT2D eigenvalue weighted by atomic mass is 32.2. The van der Waals surface area contributed by atoms with E-state index in [9.17, 15) is 13.2 Å². The summed E-state index contributed by atoms with van der Waals surface area (Å²) in [6.07, 6.45) is 2.66. The molecule has 1 saturated heterocycles. The van der Waals surface area contributed by atoms with Crippen molar-refractivity contribution in [3.8, 4) is 0 Å². The highest BCUT2D eigenvalue weighted by Crippen LogP contribution is 2.31. The van der Waals surface area contributed by atoms with Crippen LogP contribution in [0.25, 0.3) is 0 Å².